The van der Waals surface area contributed by atoms with Crippen LogP contribution in [0.2, 0.25) is 0 Å². The molecule has 8 heteroatoms. The number of aromatic nitrogens is 1. The fourth-order valence-electron chi connectivity index (χ4n) is 3.89. The van der Waals surface area contributed by atoms with Gasteiger partial charge >= 0.3 is 0 Å². The van der Waals surface area contributed by atoms with Crippen LogP contribution in [-0.2, 0) is 20.9 Å². The number of morpholine rings is 1. The summed E-state index contributed by atoms with van der Waals surface area (Å²) in [5.41, 5.74) is 0.139. The molecule has 1 N–H and O–H groups in total. The minimum absolute atomic E-state index is 0.0167. The van der Waals surface area contributed by atoms with E-state index in [1.165, 1.54) is 11.3 Å². The van der Waals surface area contributed by atoms with Gasteiger partial charge in [-0.3, -0.25) is 14.5 Å². The molecule has 7 nitrogen and oxygen atoms in total. The Bertz CT molecular complexity index is 929. The molecule has 1 spiro atoms. The Morgan fingerprint density at radius 3 is 2.90 bits per heavy atom. The predicted octanol–water partition coefficient (Wildman–Crippen LogP) is 2.45. The molecule has 4 rings (SSSR count). The van der Waals surface area contributed by atoms with Crippen LogP contribution >= 0.6 is 11.3 Å². The van der Waals surface area contributed by atoms with Gasteiger partial charge in [0.2, 0.25) is 5.91 Å². The molecule has 1 aromatic heterocycles. The summed E-state index contributed by atoms with van der Waals surface area (Å²) in [6.45, 7) is 4.68. The number of hydrogen-bond donors (Lipinski definition) is 1. The Kier molecular flexibility index (Phi) is 6.26. The third kappa shape index (κ3) is 4.77. The van der Waals surface area contributed by atoms with Gasteiger partial charge in [0.05, 0.1) is 13.2 Å². The summed E-state index contributed by atoms with van der Waals surface area (Å²) in [6, 6.07) is 9.96. The largest absolute Gasteiger partial charge is 0.362 e. The summed E-state index contributed by atoms with van der Waals surface area (Å²) in [5, 5.41) is 3.44. The number of nitrogens with one attached hydrogen (secondary N) is 1. The highest BCUT2D eigenvalue weighted by molar-refractivity contribution is 7.15. The summed E-state index contributed by atoms with van der Waals surface area (Å²) in [7, 11) is 0. The number of aryl methyl sites for hydroxylation is 1. The molecule has 30 heavy (non-hydrogen) atoms. The van der Waals surface area contributed by atoms with E-state index in [2.05, 4.69) is 10.3 Å². The van der Waals surface area contributed by atoms with Crippen molar-refractivity contribution in [1.82, 2.24) is 14.8 Å². The number of anilines is 1. The Labute approximate surface area is 180 Å². The predicted molar refractivity (Wildman–Crippen MR) is 116 cm³/mol. The molecule has 1 atom stereocenters. The molecule has 1 saturated heterocycles. The second-order valence-electron chi connectivity index (χ2n) is 7.72. The van der Waals surface area contributed by atoms with Crippen molar-refractivity contribution in [2.75, 3.05) is 38.1 Å². The third-order valence-electron chi connectivity index (χ3n) is 5.33. The molecule has 0 radical (unpaired) electrons. The number of rotatable bonds is 5. The molecule has 3 heterocycles. The second kappa shape index (κ2) is 9.07. The van der Waals surface area contributed by atoms with Crippen LogP contribution in [0, 0.1) is 6.92 Å². The molecular weight excluding hydrogens is 400 g/mol. The van der Waals surface area contributed by atoms with Gasteiger partial charge in [-0.1, -0.05) is 42.5 Å². The van der Waals surface area contributed by atoms with Crippen LogP contribution in [0.5, 0.6) is 0 Å². The van der Waals surface area contributed by atoms with E-state index in [-0.39, 0.29) is 18.4 Å². The first kappa shape index (κ1) is 20.7. The van der Waals surface area contributed by atoms with Crippen LogP contribution in [0.1, 0.15) is 16.9 Å². The van der Waals surface area contributed by atoms with E-state index in [0.29, 0.717) is 44.3 Å². The van der Waals surface area contributed by atoms with Gasteiger partial charge in [0.25, 0.3) is 5.91 Å². The quantitative estimate of drug-likeness (QED) is 0.744. The lowest BCUT2D eigenvalue weighted by Gasteiger charge is -2.42. The first-order valence-electron chi connectivity index (χ1n) is 10.1. The number of benzene rings is 1. The maximum absolute atomic E-state index is 13.5. The lowest BCUT2D eigenvalue weighted by molar-refractivity contribution is -0.170. The molecule has 0 bridgehead atoms. The molecular formula is C22H26N4O3S. The average Bonchev–Trinajstić information content (AvgIpc) is 3.09. The number of ether oxygens (including phenoxy) is 1. The average molecular weight is 427 g/mol. The summed E-state index contributed by atoms with van der Waals surface area (Å²) in [4.78, 5) is 35.0. The minimum Gasteiger partial charge on any atom is -0.362 e. The zero-order chi connectivity index (χ0) is 21.0. The first-order valence-corrected chi connectivity index (χ1v) is 10.9. The second-order valence-corrected chi connectivity index (χ2v) is 8.96. The van der Waals surface area contributed by atoms with Crippen LogP contribution in [0.25, 0.3) is 0 Å². The zero-order valence-electron chi connectivity index (χ0n) is 17.0. The van der Waals surface area contributed by atoms with Gasteiger partial charge in [0.15, 0.2) is 10.7 Å². The van der Waals surface area contributed by atoms with E-state index in [1.807, 2.05) is 59.2 Å². The molecule has 1 unspecified atom stereocenters. The van der Waals surface area contributed by atoms with Gasteiger partial charge in [0, 0.05) is 43.7 Å². The van der Waals surface area contributed by atoms with E-state index in [9.17, 15) is 9.59 Å². The van der Waals surface area contributed by atoms with Gasteiger partial charge in [-0.15, -0.1) is 11.3 Å². The molecule has 2 amide bonds. The lowest BCUT2D eigenvalue weighted by Crippen LogP contribution is -2.60. The van der Waals surface area contributed by atoms with E-state index in [1.54, 1.807) is 6.20 Å². The Balaban J connectivity index is 1.43. The summed E-state index contributed by atoms with van der Waals surface area (Å²) >= 11 is 1.45. The number of carbonyl (C=O) groups is 2. The number of carbonyl (C=O) groups excluding carboxylic acids is 2. The molecule has 1 fully saturated rings. The monoisotopic (exact) mass is 426 g/mol. The highest BCUT2D eigenvalue weighted by Gasteiger charge is 2.46. The van der Waals surface area contributed by atoms with E-state index in [0.717, 1.165) is 10.4 Å². The van der Waals surface area contributed by atoms with Crippen LogP contribution in [0.4, 0.5) is 5.13 Å². The Hall–Kier alpha value is -2.55. The summed E-state index contributed by atoms with van der Waals surface area (Å²) in [5.74, 6) is -0.142. The number of hydrogen-bond acceptors (Lipinski definition) is 6. The van der Waals surface area contributed by atoms with Crippen molar-refractivity contribution in [3.05, 3.63) is 59.1 Å². The highest BCUT2D eigenvalue weighted by Crippen LogP contribution is 2.28. The summed E-state index contributed by atoms with van der Waals surface area (Å²) in [6.07, 6.45) is 6.29. The van der Waals surface area contributed by atoms with Crippen LogP contribution in [0.15, 0.2) is 48.7 Å². The summed E-state index contributed by atoms with van der Waals surface area (Å²) < 4.78 is 6.07. The maximum Gasteiger partial charge on any atom is 0.257 e. The molecule has 2 aliphatic heterocycles. The fourth-order valence-corrected chi connectivity index (χ4v) is 4.57. The lowest BCUT2D eigenvalue weighted by atomic mass is 9.95. The van der Waals surface area contributed by atoms with Gasteiger partial charge in [-0.05, 0) is 12.5 Å². The van der Waals surface area contributed by atoms with Crippen LogP contribution in [0.3, 0.4) is 0 Å². The van der Waals surface area contributed by atoms with Crippen LogP contribution in [-0.4, -0.2) is 65.0 Å². The molecule has 0 saturated carbocycles. The van der Waals surface area contributed by atoms with E-state index in [4.69, 9.17) is 4.74 Å². The van der Waals surface area contributed by atoms with Crippen molar-refractivity contribution in [2.45, 2.75) is 25.5 Å². The molecule has 2 aliphatic rings. The van der Waals surface area contributed by atoms with Crippen LogP contribution < -0.4 is 5.32 Å². The topological polar surface area (TPSA) is 74.8 Å². The zero-order valence-corrected chi connectivity index (χ0v) is 17.9. The normalized spacial score (nSPS) is 22.3. The number of thiazole rings is 1. The minimum atomic E-state index is -0.946. The third-order valence-corrected chi connectivity index (χ3v) is 6.16. The molecule has 1 aromatic carbocycles. The van der Waals surface area contributed by atoms with E-state index < -0.39 is 5.60 Å². The maximum atomic E-state index is 13.5. The van der Waals surface area contributed by atoms with Crippen molar-refractivity contribution >= 4 is 28.3 Å². The molecule has 158 valence electrons. The van der Waals surface area contributed by atoms with Crippen molar-refractivity contribution in [3.8, 4) is 0 Å². The molecule has 2 aromatic rings. The van der Waals surface area contributed by atoms with Gasteiger partial charge < -0.3 is 15.0 Å². The van der Waals surface area contributed by atoms with Gasteiger partial charge in [-0.25, -0.2) is 4.98 Å². The smallest absolute Gasteiger partial charge is 0.257 e. The van der Waals surface area contributed by atoms with Crippen molar-refractivity contribution in [2.24, 2.45) is 0 Å². The van der Waals surface area contributed by atoms with Gasteiger partial charge in [-0.2, -0.15) is 0 Å². The SMILES string of the molecule is Cc1cnc(NC(=O)CN2CCOC3(CC=CCN(Cc4ccccc4)C3=O)C2)s1. The highest BCUT2D eigenvalue weighted by atomic mass is 32.1. The first-order chi connectivity index (χ1) is 14.5. The number of nitrogens with zero attached hydrogens (tertiary/aromatic N) is 3. The van der Waals surface area contributed by atoms with Crippen molar-refractivity contribution < 1.29 is 14.3 Å². The molecule has 0 aliphatic carbocycles. The van der Waals surface area contributed by atoms with Crippen molar-refractivity contribution in [3.63, 3.8) is 0 Å². The van der Waals surface area contributed by atoms with E-state index >= 15 is 0 Å². The fraction of sp³-hybridized carbons (Fsp3) is 0.409. The standard InChI is InChI=1S/C22H26N4O3S/c1-17-13-23-21(30-17)24-19(27)15-25-11-12-29-22(16-25)9-5-6-10-26(20(22)28)14-18-7-3-2-4-8-18/h2-8,13H,9-12,14-16H2,1H3,(H,23,24,27). The Morgan fingerprint density at radius 2 is 2.13 bits per heavy atom. The van der Waals surface area contributed by atoms with Crippen molar-refractivity contribution in [1.29, 1.82) is 0 Å². The van der Waals surface area contributed by atoms with Gasteiger partial charge in [0.1, 0.15) is 0 Å². The number of amides is 2. The Morgan fingerprint density at radius 1 is 1.30 bits per heavy atom.